The number of fused-ring (bicyclic) bond motifs is 1. The second kappa shape index (κ2) is 4.04. The molecule has 1 heterocycles. The molecule has 0 bridgehead atoms. The number of para-hydroxylation sites is 1. The number of hydrogen-bond donors (Lipinski definition) is 1. The number of carbonyl (C=O) groups excluding carboxylic acids is 1. The summed E-state index contributed by atoms with van der Waals surface area (Å²) in [7, 11) is 3.43. The third-order valence-electron chi connectivity index (χ3n) is 3.06. The Morgan fingerprint density at radius 1 is 1.56 bits per heavy atom. The van der Waals surface area contributed by atoms with Crippen LogP contribution in [0.5, 0.6) is 0 Å². The lowest BCUT2D eigenvalue weighted by Crippen LogP contribution is -2.39. The number of hydrogen-bond acceptors (Lipinski definition) is 4. The summed E-state index contributed by atoms with van der Waals surface area (Å²) in [6, 6.07) is 6.08. The fourth-order valence-electron chi connectivity index (χ4n) is 1.92. The van der Waals surface area contributed by atoms with Crippen molar-refractivity contribution >= 4 is 17.3 Å². The molecule has 1 unspecified atom stereocenters. The number of nitrogens with zero attached hydrogens (tertiary/aromatic N) is 1. The largest absolute Gasteiger partial charge is 0.465 e. The molecule has 0 radical (unpaired) electrons. The zero-order chi connectivity index (χ0) is 11.7. The van der Waals surface area contributed by atoms with Gasteiger partial charge in [-0.2, -0.15) is 0 Å². The van der Waals surface area contributed by atoms with Crippen molar-refractivity contribution in [2.24, 2.45) is 0 Å². The van der Waals surface area contributed by atoms with E-state index >= 15 is 0 Å². The van der Waals surface area contributed by atoms with E-state index in [-0.39, 0.29) is 5.97 Å². The molecule has 4 heteroatoms. The van der Waals surface area contributed by atoms with E-state index in [4.69, 9.17) is 4.74 Å². The minimum atomic E-state index is -0.299. The maximum Gasteiger partial charge on any atom is 0.340 e. The van der Waals surface area contributed by atoms with Gasteiger partial charge in [0.25, 0.3) is 0 Å². The van der Waals surface area contributed by atoms with E-state index in [1.807, 2.05) is 19.2 Å². The lowest BCUT2D eigenvalue weighted by molar-refractivity contribution is 0.0602. The maximum atomic E-state index is 11.6. The van der Waals surface area contributed by atoms with Gasteiger partial charge < -0.3 is 15.0 Å². The summed E-state index contributed by atoms with van der Waals surface area (Å²) in [6.07, 6.45) is 0. The van der Waals surface area contributed by atoms with Crippen LogP contribution >= 0.6 is 0 Å². The number of nitrogens with one attached hydrogen (secondary N) is 1. The number of anilines is 2. The molecule has 1 aliphatic heterocycles. The quantitative estimate of drug-likeness (QED) is 0.732. The fraction of sp³-hybridized carbons (Fsp3) is 0.417. The number of rotatable bonds is 1. The van der Waals surface area contributed by atoms with Gasteiger partial charge >= 0.3 is 5.97 Å². The van der Waals surface area contributed by atoms with Gasteiger partial charge in [0.1, 0.15) is 0 Å². The van der Waals surface area contributed by atoms with E-state index in [2.05, 4.69) is 17.1 Å². The van der Waals surface area contributed by atoms with Crippen molar-refractivity contribution < 1.29 is 9.53 Å². The van der Waals surface area contributed by atoms with E-state index in [1.54, 1.807) is 6.07 Å². The zero-order valence-electron chi connectivity index (χ0n) is 9.78. The predicted molar refractivity (Wildman–Crippen MR) is 64.1 cm³/mol. The third kappa shape index (κ3) is 1.60. The minimum Gasteiger partial charge on any atom is -0.465 e. The van der Waals surface area contributed by atoms with E-state index in [9.17, 15) is 4.79 Å². The molecule has 1 aliphatic rings. The van der Waals surface area contributed by atoms with Crippen LogP contribution in [0.1, 0.15) is 17.3 Å². The molecule has 1 aromatic rings. The van der Waals surface area contributed by atoms with Crippen LogP contribution in [-0.4, -0.2) is 32.7 Å². The Bertz CT molecular complexity index is 417. The van der Waals surface area contributed by atoms with Gasteiger partial charge in [0.15, 0.2) is 0 Å². The Hall–Kier alpha value is -1.71. The van der Waals surface area contributed by atoms with E-state index in [1.165, 1.54) is 7.11 Å². The Morgan fingerprint density at radius 2 is 2.31 bits per heavy atom. The van der Waals surface area contributed by atoms with Crippen molar-refractivity contribution in [3.8, 4) is 0 Å². The average molecular weight is 220 g/mol. The standard InChI is InChI=1S/C12H16N2O2/c1-8-7-13-11-9(12(15)16-3)5-4-6-10(11)14(8)2/h4-6,8,13H,7H2,1-3H3. The predicted octanol–water partition coefficient (Wildman–Crippen LogP) is 1.72. The number of carbonyl (C=O) groups is 1. The highest BCUT2D eigenvalue weighted by Gasteiger charge is 2.23. The lowest BCUT2D eigenvalue weighted by atomic mass is 10.1. The Kier molecular flexibility index (Phi) is 2.73. The SMILES string of the molecule is COC(=O)c1cccc2c1NCC(C)N2C. The smallest absolute Gasteiger partial charge is 0.340 e. The first-order valence-electron chi connectivity index (χ1n) is 5.33. The summed E-state index contributed by atoms with van der Waals surface area (Å²) in [4.78, 5) is 13.8. The Labute approximate surface area is 95.2 Å². The van der Waals surface area contributed by atoms with Crippen LogP contribution in [0.4, 0.5) is 11.4 Å². The number of esters is 1. The zero-order valence-corrected chi connectivity index (χ0v) is 9.78. The summed E-state index contributed by atoms with van der Waals surface area (Å²) in [5.41, 5.74) is 2.51. The van der Waals surface area contributed by atoms with Crippen molar-refractivity contribution in [3.63, 3.8) is 0 Å². The fourth-order valence-corrected chi connectivity index (χ4v) is 1.92. The molecule has 0 aromatic heterocycles. The number of likely N-dealkylation sites (N-methyl/N-ethyl adjacent to an activating group) is 1. The van der Waals surface area contributed by atoms with Gasteiger partial charge in [-0.1, -0.05) is 6.07 Å². The molecule has 0 amide bonds. The molecule has 1 aromatic carbocycles. The minimum absolute atomic E-state index is 0.299. The number of benzene rings is 1. The first-order valence-corrected chi connectivity index (χ1v) is 5.33. The molecule has 0 saturated heterocycles. The molecule has 86 valence electrons. The second-order valence-electron chi connectivity index (χ2n) is 4.03. The van der Waals surface area contributed by atoms with E-state index in [0.29, 0.717) is 11.6 Å². The van der Waals surface area contributed by atoms with Crippen LogP contribution in [0.25, 0.3) is 0 Å². The molecule has 1 N–H and O–H groups in total. The molecule has 16 heavy (non-hydrogen) atoms. The van der Waals surface area contributed by atoms with Crippen molar-refractivity contribution in [3.05, 3.63) is 23.8 Å². The highest BCUT2D eigenvalue weighted by molar-refractivity contribution is 5.99. The van der Waals surface area contributed by atoms with Crippen molar-refractivity contribution in [1.29, 1.82) is 0 Å². The number of methoxy groups -OCH3 is 1. The summed E-state index contributed by atoms with van der Waals surface area (Å²) in [6.45, 7) is 2.97. The van der Waals surface area contributed by atoms with Gasteiger partial charge in [-0.15, -0.1) is 0 Å². The van der Waals surface area contributed by atoms with Crippen LogP contribution in [0.2, 0.25) is 0 Å². The third-order valence-corrected chi connectivity index (χ3v) is 3.06. The molecule has 0 fully saturated rings. The maximum absolute atomic E-state index is 11.6. The summed E-state index contributed by atoms with van der Waals surface area (Å²) in [5, 5.41) is 3.28. The van der Waals surface area contributed by atoms with E-state index < -0.39 is 0 Å². The van der Waals surface area contributed by atoms with Crippen molar-refractivity contribution in [2.45, 2.75) is 13.0 Å². The van der Waals surface area contributed by atoms with Gasteiger partial charge in [-0.3, -0.25) is 0 Å². The molecular formula is C12H16N2O2. The monoisotopic (exact) mass is 220 g/mol. The van der Waals surface area contributed by atoms with Gasteiger partial charge in [0, 0.05) is 19.6 Å². The second-order valence-corrected chi connectivity index (χ2v) is 4.03. The van der Waals surface area contributed by atoms with Crippen molar-refractivity contribution in [1.82, 2.24) is 0 Å². The summed E-state index contributed by atoms with van der Waals surface area (Å²) in [5.74, 6) is -0.299. The molecule has 1 atom stereocenters. The molecular weight excluding hydrogens is 204 g/mol. The first-order chi connectivity index (χ1) is 7.65. The van der Waals surface area contributed by atoms with Crippen LogP contribution in [0.15, 0.2) is 18.2 Å². The average Bonchev–Trinajstić information content (AvgIpc) is 2.32. The van der Waals surface area contributed by atoms with Crippen LogP contribution in [-0.2, 0) is 4.74 Å². The topological polar surface area (TPSA) is 41.6 Å². The summed E-state index contributed by atoms with van der Waals surface area (Å²) < 4.78 is 4.77. The normalized spacial score (nSPS) is 18.7. The molecule has 0 aliphatic carbocycles. The highest BCUT2D eigenvalue weighted by Crippen LogP contribution is 2.33. The Morgan fingerprint density at radius 3 is 3.00 bits per heavy atom. The summed E-state index contributed by atoms with van der Waals surface area (Å²) >= 11 is 0. The molecule has 4 nitrogen and oxygen atoms in total. The van der Waals surface area contributed by atoms with Crippen molar-refractivity contribution in [2.75, 3.05) is 30.9 Å². The highest BCUT2D eigenvalue weighted by atomic mass is 16.5. The number of ether oxygens (including phenoxy) is 1. The van der Waals surface area contributed by atoms with Gasteiger partial charge in [-0.05, 0) is 19.1 Å². The van der Waals surface area contributed by atoms with Crippen LogP contribution < -0.4 is 10.2 Å². The van der Waals surface area contributed by atoms with Crippen LogP contribution in [0.3, 0.4) is 0 Å². The van der Waals surface area contributed by atoms with Gasteiger partial charge in [0.2, 0.25) is 0 Å². The molecule has 0 spiro atoms. The van der Waals surface area contributed by atoms with Crippen LogP contribution in [0, 0.1) is 0 Å². The van der Waals surface area contributed by atoms with Gasteiger partial charge in [0.05, 0.1) is 24.0 Å². The van der Waals surface area contributed by atoms with E-state index in [0.717, 1.165) is 17.9 Å². The Balaban J connectivity index is 2.48. The first kappa shape index (κ1) is 10.8. The lowest BCUT2D eigenvalue weighted by Gasteiger charge is -2.35. The molecule has 2 rings (SSSR count). The molecule has 0 saturated carbocycles. The van der Waals surface area contributed by atoms with Gasteiger partial charge in [-0.25, -0.2) is 4.79 Å².